The first-order valence-corrected chi connectivity index (χ1v) is 4.19. The van der Waals surface area contributed by atoms with Crippen molar-refractivity contribution in [2.45, 2.75) is 6.54 Å². The van der Waals surface area contributed by atoms with Gasteiger partial charge in [0.1, 0.15) is 5.82 Å². The van der Waals surface area contributed by atoms with Crippen LogP contribution in [0.25, 0.3) is 11.4 Å². The zero-order valence-electron chi connectivity index (χ0n) is 8.01. The highest BCUT2D eigenvalue weighted by Crippen LogP contribution is 2.15. The van der Waals surface area contributed by atoms with Crippen molar-refractivity contribution in [3.8, 4) is 11.4 Å². The van der Waals surface area contributed by atoms with Gasteiger partial charge in [0, 0.05) is 24.5 Å². The first-order chi connectivity index (χ1) is 6.40. The molecule has 1 aromatic carbocycles. The Morgan fingerprint density at radius 1 is 1.27 bits per heavy atom. The number of imidazole rings is 1. The molecule has 0 saturated carbocycles. The Balaban J connectivity index is 0.000000980. The molecule has 3 N–H and O–H groups in total. The van der Waals surface area contributed by atoms with Crippen molar-refractivity contribution in [3.05, 3.63) is 42.2 Å². The van der Waals surface area contributed by atoms with Gasteiger partial charge in [-0.2, -0.15) is 0 Å². The van der Waals surface area contributed by atoms with Crippen LogP contribution in [0.15, 0.2) is 36.7 Å². The van der Waals surface area contributed by atoms with E-state index in [4.69, 9.17) is 5.73 Å². The van der Waals surface area contributed by atoms with Crippen molar-refractivity contribution in [2.24, 2.45) is 5.73 Å². The second kappa shape index (κ2) is 6.45. The summed E-state index contributed by atoms with van der Waals surface area (Å²) in [4.78, 5) is 7.22. The third-order valence-corrected chi connectivity index (χ3v) is 1.93. The van der Waals surface area contributed by atoms with E-state index in [0.717, 1.165) is 17.0 Å². The molecule has 2 rings (SSSR count). The van der Waals surface area contributed by atoms with Gasteiger partial charge in [-0.25, -0.2) is 4.98 Å². The lowest BCUT2D eigenvalue weighted by Crippen LogP contribution is -1.95. The first kappa shape index (κ1) is 14.0. The number of nitrogens with one attached hydrogen (secondary N) is 1. The number of rotatable bonds is 2. The van der Waals surface area contributed by atoms with Crippen LogP contribution in [-0.2, 0) is 6.54 Å². The van der Waals surface area contributed by atoms with Crippen molar-refractivity contribution >= 4 is 24.8 Å². The van der Waals surface area contributed by atoms with E-state index >= 15 is 0 Å². The molecule has 3 nitrogen and oxygen atoms in total. The minimum atomic E-state index is 0. The van der Waals surface area contributed by atoms with E-state index in [1.807, 2.05) is 30.5 Å². The molecule has 2 aromatic rings. The number of halogens is 2. The van der Waals surface area contributed by atoms with E-state index in [0.29, 0.717) is 6.54 Å². The normalized spacial score (nSPS) is 8.87. The van der Waals surface area contributed by atoms with Crippen molar-refractivity contribution in [1.82, 2.24) is 9.97 Å². The van der Waals surface area contributed by atoms with Gasteiger partial charge < -0.3 is 10.7 Å². The van der Waals surface area contributed by atoms with Crippen LogP contribution in [0.4, 0.5) is 0 Å². The van der Waals surface area contributed by atoms with Gasteiger partial charge in [-0.15, -0.1) is 24.8 Å². The van der Waals surface area contributed by atoms with Crippen molar-refractivity contribution in [1.29, 1.82) is 0 Å². The molecule has 0 bridgehead atoms. The molecule has 0 fully saturated rings. The number of nitrogens with two attached hydrogens (primary N) is 1. The fourth-order valence-corrected chi connectivity index (χ4v) is 1.27. The second-order valence-corrected chi connectivity index (χ2v) is 2.84. The molecule has 15 heavy (non-hydrogen) atoms. The van der Waals surface area contributed by atoms with Gasteiger partial charge in [0.2, 0.25) is 0 Å². The Labute approximate surface area is 101 Å². The zero-order chi connectivity index (χ0) is 9.10. The predicted molar refractivity (Wildman–Crippen MR) is 66.4 cm³/mol. The second-order valence-electron chi connectivity index (χ2n) is 2.84. The van der Waals surface area contributed by atoms with Crippen LogP contribution in [0.5, 0.6) is 0 Å². The Morgan fingerprint density at radius 3 is 2.67 bits per heavy atom. The highest BCUT2D eigenvalue weighted by atomic mass is 35.5. The Kier molecular flexibility index (Phi) is 6.01. The number of aromatic nitrogens is 2. The molecule has 82 valence electrons. The van der Waals surface area contributed by atoms with E-state index < -0.39 is 0 Å². The van der Waals surface area contributed by atoms with Gasteiger partial charge in [-0.1, -0.05) is 18.2 Å². The van der Waals surface area contributed by atoms with Crippen molar-refractivity contribution in [2.75, 3.05) is 0 Å². The molecule has 0 spiro atoms. The van der Waals surface area contributed by atoms with E-state index in [1.165, 1.54) is 0 Å². The number of H-pyrrole nitrogens is 1. The number of hydrogen-bond donors (Lipinski definition) is 2. The molecule has 0 aliphatic carbocycles. The maximum absolute atomic E-state index is 5.54. The smallest absolute Gasteiger partial charge is 0.137 e. The molecule has 0 radical (unpaired) electrons. The molecule has 0 saturated heterocycles. The Bertz CT molecular complexity index is 387. The van der Waals surface area contributed by atoms with Gasteiger partial charge in [-0.3, -0.25) is 0 Å². The lowest BCUT2D eigenvalue weighted by molar-refractivity contribution is 1.07. The van der Waals surface area contributed by atoms with E-state index in [9.17, 15) is 0 Å². The standard InChI is InChI=1S/C10H11N3.2ClH/c11-7-8-2-1-3-9(6-8)10-12-4-5-13-10;;/h1-6H,7,11H2,(H,12,13);2*1H. The van der Waals surface area contributed by atoms with E-state index in [2.05, 4.69) is 9.97 Å². The molecule has 1 heterocycles. The number of hydrogen-bond acceptors (Lipinski definition) is 2. The maximum atomic E-state index is 5.54. The van der Waals surface area contributed by atoms with Gasteiger partial charge >= 0.3 is 0 Å². The number of aromatic amines is 1. The average Bonchev–Trinajstić information content (AvgIpc) is 2.71. The molecule has 0 aliphatic rings. The van der Waals surface area contributed by atoms with Crippen molar-refractivity contribution < 1.29 is 0 Å². The summed E-state index contributed by atoms with van der Waals surface area (Å²) in [6, 6.07) is 8.04. The van der Waals surface area contributed by atoms with E-state index in [1.54, 1.807) is 6.20 Å². The summed E-state index contributed by atoms with van der Waals surface area (Å²) in [7, 11) is 0. The largest absolute Gasteiger partial charge is 0.345 e. The predicted octanol–water partition coefficient (Wildman–Crippen LogP) is 2.38. The summed E-state index contributed by atoms with van der Waals surface area (Å²) in [5.74, 6) is 0.885. The monoisotopic (exact) mass is 245 g/mol. The Hall–Kier alpha value is -1.03. The quantitative estimate of drug-likeness (QED) is 0.854. The van der Waals surface area contributed by atoms with Crippen LogP contribution in [-0.4, -0.2) is 9.97 Å². The highest BCUT2D eigenvalue weighted by molar-refractivity contribution is 5.85. The van der Waals surface area contributed by atoms with Gasteiger partial charge in [0.05, 0.1) is 0 Å². The lowest BCUT2D eigenvalue weighted by atomic mass is 10.1. The van der Waals surface area contributed by atoms with Crippen LogP contribution in [0.2, 0.25) is 0 Å². The van der Waals surface area contributed by atoms with Crippen LogP contribution in [0.3, 0.4) is 0 Å². The first-order valence-electron chi connectivity index (χ1n) is 4.19. The summed E-state index contributed by atoms with van der Waals surface area (Å²) in [5, 5.41) is 0. The molecule has 0 amide bonds. The summed E-state index contributed by atoms with van der Waals surface area (Å²) >= 11 is 0. The number of nitrogens with zero attached hydrogens (tertiary/aromatic N) is 1. The number of benzene rings is 1. The third kappa shape index (κ3) is 3.23. The summed E-state index contributed by atoms with van der Waals surface area (Å²) < 4.78 is 0. The van der Waals surface area contributed by atoms with Gasteiger partial charge in [-0.05, 0) is 11.6 Å². The average molecular weight is 246 g/mol. The minimum Gasteiger partial charge on any atom is -0.345 e. The van der Waals surface area contributed by atoms with Crippen LogP contribution < -0.4 is 5.73 Å². The Morgan fingerprint density at radius 2 is 2.07 bits per heavy atom. The van der Waals surface area contributed by atoms with E-state index in [-0.39, 0.29) is 24.8 Å². The highest BCUT2D eigenvalue weighted by Gasteiger charge is 1.99. The summed E-state index contributed by atoms with van der Waals surface area (Å²) in [6.45, 7) is 0.564. The summed E-state index contributed by atoms with van der Waals surface area (Å²) in [5.41, 5.74) is 7.74. The topological polar surface area (TPSA) is 54.7 Å². The van der Waals surface area contributed by atoms with Crippen molar-refractivity contribution in [3.63, 3.8) is 0 Å². The molecule has 0 atom stereocenters. The fourth-order valence-electron chi connectivity index (χ4n) is 1.27. The molecule has 1 aromatic heterocycles. The maximum Gasteiger partial charge on any atom is 0.137 e. The van der Waals surface area contributed by atoms with Gasteiger partial charge in [0.15, 0.2) is 0 Å². The van der Waals surface area contributed by atoms with Crippen LogP contribution in [0.1, 0.15) is 5.56 Å². The zero-order valence-corrected chi connectivity index (χ0v) is 9.65. The SMILES string of the molecule is Cl.Cl.NCc1cccc(-c2ncc[nH]2)c1. The molecular formula is C10H13Cl2N3. The fraction of sp³-hybridized carbons (Fsp3) is 0.100. The molecule has 0 unspecified atom stereocenters. The molecule has 0 aliphatic heterocycles. The van der Waals surface area contributed by atoms with Gasteiger partial charge in [0.25, 0.3) is 0 Å². The molecular weight excluding hydrogens is 233 g/mol. The summed E-state index contributed by atoms with van der Waals surface area (Å²) in [6.07, 6.45) is 3.55. The minimum absolute atomic E-state index is 0. The lowest BCUT2D eigenvalue weighted by Gasteiger charge is -1.99. The van der Waals surface area contributed by atoms with Crippen LogP contribution in [0, 0.1) is 0 Å². The van der Waals surface area contributed by atoms with Crippen LogP contribution >= 0.6 is 24.8 Å². The molecule has 5 heteroatoms. The third-order valence-electron chi connectivity index (χ3n) is 1.93.